The molecule has 7 nitrogen and oxygen atoms in total. The van der Waals surface area contributed by atoms with Crippen molar-refractivity contribution >= 4 is 61.8 Å². The Labute approximate surface area is 193 Å². The molecule has 1 atom stereocenters. The predicted molar refractivity (Wildman–Crippen MR) is 126 cm³/mol. The molecular weight excluding hydrogens is 484 g/mol. The molecule has 2 aromatic carbocycles. The van der Waals surface area contributed by atoms with Crippen LogP contribution in [0.2, 0.25) is 5.02 Å². The predicted octanol–water partition coefficient (Wildman–Crippen LogP) is 4.60. The molecule has 0 aliphatic rings. The summed E-state index contributed by atoms with van der Waals surface area (Å²) in [5, 5.41) is 6.56. The van der Waals surface area contributed by atoms with Gasteiger partial charge in [0.1, 0.15) is 5.69 Å². The number of carbonyl (C=O) groups is 3. The number of hydrogen-bond donors (Lipinski definition) is 3. The van der Waals surface area contributed by atoms with Crippen LogP contribution in [-0.2, 0) is 9.59 Å². The molecule has 9 heteroatoms. The van der Waals surface area contributed by atoms with E-state index in [4.69, 9.17) is 11.6 Å². The van der Waals surface area contributed by atoms with Gasteiger partial charge in [-0.05, 0) is 78.2 Å². The number of aromatic nitrogens is 1. The molecule has 0 fully saturated rings. The van der Waals surface area contributed by atoms with E-state index in [0.717, 1.165) is 10.0 Å². The molecule has 3 aromatic rings. The SMILES string of the molecule is CC[C@H](C)NC(=O)C(=O)Nn1c(C(=O)Nc2ccc(C)cc2Br)cc2cc(Cl)ccc21. The van der Waals surface area contributed by atoms with Crippen molar-refractivity contribution in [1.29, 1.82) is 0 Å². The average molecular weight is 506 g/mol. The van der Waals surface area contributed by atoms with Crippen LogP contribution in [0.1, 0.15) is 36.3 Å². The fourth-order valence-electron chi connectivity index (χ4n) is 2.93. The van der Waals surface area contributed by atoms with Crippen LogP contribution in [0, 0.1) is 6.92 Å². The first kappa shape index (κ1) is 22.8. The Hall–Kier alpha value is -2.84. The van der Waals surface area contributed by atoms with Crippen molar-refractivity contribution < 1.29 is 14.4 Å². The minimum atomic E-state index is -0.877. The number of fused-ring (bicyclic) bond motifs is 1. The van der Waals surface area contributed by atoms with Crippen molar-refractivity contribution in [2.75, 3.05) is 10.7 Å². The first-order valence-corrected chi connectivity index (χ1v) is 10.9. The van der Waals surface area contributed by atoms with Gasteiger partial charge in [-0.1, -0.05) is 24.6 Å². The maximum Gasteiger partial charge on any atom is 0.328 e. The molecule has 31 heavy (non-hydrogen) atoms. The van der Waals surface area contributed by atoms with Crippen molar-refractivity contribution in [3.8, 4) is 0 Å². The van der Waals surface area contributed by atoms with Crippen molar-refractivity contribution in [1.82, 2.24) is 9.99 Å². The minimum Gasteiger partial charge on any atom is -0.345 e. The quantitative estimate of drug-likeness (QED) is 0.442. The van der Waals surface area contributed by atoms with Crippen LogP contribution in [0.15, 0.2) is 46.9 Å². The molecule has 0 bridgehead atoms. The number of carbonyl (C=O) groups excluding carboxylic acids is 3. The van der Waals surface area contributed by atoms with Gasteiger partial charge in [0.05, 0.1) is 11.2 Å². The highest BCUT2D eigenvalue weighted by molar-refractivity contribution is 9.10. The zero-order valence-electron chi connectivity index (χ0n) is 17.3. The molecule has 1 aromatic heterocycles. The third-order valence-electron chi connectivity index (χ3n) is 4.78. The Morgan fingerprint density at radius 2 is 1.84 bits per heavy atom. The summed E-state index contributed by atoms with van der Waals surface area (Å²) in [5.41, 5.74) is 4.81. The molecule has 0 spiro atoms. The summed E-state index contributed by atoms with van der Waals surface area (Å²) in [4.78, 5) is 37.8. The molecule has 1 heterocycles. The van der Waals surface area contributed by atoms with E-state index in [1.54, 1.807) is 37.3 Å². The van der Waals surface area contributed by atoms with Gasteiger partial charge in [0.25, 0.3) is 5.91 Å². The van der Waals surface area contributed by atoms with E-state index in [1.165, 1.54) is 4.68 Å². The summed E-state index contributed by atoms with van der Waals surface area (Å²) in [5.74, 6) is -2.12. The monoisotopic (exact) mass is 504 g/mol. The second-order valence-corrected chi connectivity index (χ2v) is 8.52. The number of rotatable bonds is 5. The van der Waals surface area contributed by atoms with Gasteiger partial charge < -0.3 is 10.6 Å². The average Bonchev–Trinajstić information content (AvgIpc) is 3.07. The number of nitrogens with zero attached hydrogens (tertiary/aromatic N) is 1. The largest absolute Gasteiger partial charge is 0.345 e. The Morgan fingerprint density at radius 3 is 2.52 bits per heavy atom. The highest BCUT2D eigenvalue weighted by Gasteiger charge is 2.22. The summed E-state index contributed by atoms with van der Waals surface area (Å²) in [7, 11) is 0. The molecule has 0 aliphatic carbocycles. The van der Waals surface area contributed by atoms with Crippen LogP contribution in [0.5, 0.6) is 0 Å². The normalized spacial score (nSPS) is 11.8. The third-order valence-corrected chi connectivity index (χ3v) is 5.67. The zero-order valence-corrected chi connectivity index (χ0v) is 19.6. The van der Waals surface area contributed by atoms with E-state index in [1.807, 2.05) is 26.0 Å². The van der Waals surface area contributed by atoms with Crippen molar-refractivity contribution in [3.63, 3.8) is 0 Å². The number of amides is 3. The Bertz CT molecular complexity index is 1180. The van der Waals surface area contributed by atoms with E-state index in [9.17, 15) is 14.4 Å². The van der Waals surface area contributed by atoms with Crippen molar-refractivity contribution in [2.24, 2.45) is 0 Å². The lowest BCUT2D eigenvalue weighted by Crippen LogP contribution is -2.43. The Morgan fingerprint density at radius 1 is 1.10 bits per heavy atom. The van der Waals surface area contributed by atoms with Gasteiger partial charge in [-0.15, -0.1) is 0 Å². The smallest absolute Gasteiger partial charge is 0.328 e. The van der Waals surface area contributed by atoms with Crippen LogP contribution >= 0.6 is 27.5 Å². The number of benzene rings is 2. The second-order valence-electron chi connectivity index (χ2n) is 7.23. The lowest BCUT2D eigenvalue weighted by molar-refractivity contribution is -0.137. The van der Waals surface area contributed by atoms with Crippen molar-refractivity contribution in [3.05, 3.63) is 63.2 Å². The van der Waals surface area contributed by atoms with E-state index in [0.29, 0.717) is 28.0 Å². The second kappa shape index (κ2) is 9.53. The number of anilines is 1. The molecule has 3 amide bonds. The van der Waals surface area contributed by atoms with Gasteiger partial charge in [-0.25, -0.2) is 4.68 Å². The molecule has 3 N–H and O–H groups in total. The summed E-state index contributed by atoms with van der Waals surface area (Å²) in [6.45, 7) is 5.65. The first-order valence-electron chi connectivity index (χ1n) is 9.70. The molecule has 0 saturated carbocycles. The zero-order chi connectivity index (χ0) is 22.7. The van der Waals surface area contributed by atoms with Crippen LogP contribution in [0.4, 0.5) is 5.69 Å². The number of halogens is 2. The van der Waals surface area contributed by atoms with Gasteiger partial charge >= 0.3 is 11.8 Å². The molecule has 0 aliphatic heterocycles. The summed E-state index contributed by atoms with van der Waals surface area (Å²) >= 11 is 9.53. The van der Waals surface area contributed by atoms with Crippen LogP contribution in [-0.4, -0.2) is 28.4 Å². The van der Waals surface area contributed by atoms with Gasteiger partial charge in [0.2, 0.25) is 0 Å². The minimum absolute atomic E-state index is 0.148. The summed E-state index contributed by atoms with van der Waals surface area (Å²) in [6.07, 6.45) is 0.684. The van der Waals surface area contributed by atoms with E-state index >= 15 is 0 Å². The molecule has 3 rings (SSSR count). The summed E-state index contributed by atoms with van der Waals surface area (Å²) in [6, 6.07) is 12.0. The third kappa shape index (κ3) is 5.26. The molecular formula is C22H22BrClN4O3. The molecule has 0 unspecified atom stereocenters. The Kier molecular flexibility index (Phi) is 7.02. The lowest BCUT2D eigenvalue weighted by atomic mass is 10.2. The number of aryl methyl sites for hydroxylation is 1. The fourth-order valence-corrected chi connectivity index (χ4v) is 3.70. The van der Waals surface area contributed by atoms with Gasteiger partial charge in [0, 0.05) is 20.9 Å². The maximum absolute atomic E-state index is 13.1. The topological polar surface area (TPSA) is 92.2 Å². The molecule has 0 saturated heterocycles. The summed E-state index contributed by atoms with van der Waals surface area (Å²) < 4.78 is 2.02. The van der Waals surface area contributed by atoms with E-state index < -0.39 is 17.7 Å². The highest BCUT2D eigenvalue weighted by Crippen LogP contribution is 2.26. The Balaban J connectivity index is 1.95. The van der Waals surface area contributed by atoms with Gasteiger partial charge in [0.15, 0.2) is 0 Å². The molecule has 0 radical (unpaired) electrons. The van der Waals surface area contributed by atoms with Gasteiger partial charge in [-0.3, -0.25) is 19.8 Å². The highest BCUT2D eigenvalue weighted by atomic mass is 79.9. The van der Waals surface area contributed by atoms with Crippen LogP contribution in [0.3, 0.4) is 0 Å². The van der Waals surface area contributed by atoms with Crippen LogP contribution in [0.25, 0.3) is 10.9 Å². The standard InChI is InChI=1S/C22H22BrClN4O3/c1-4-13(3)25-21(30)22(31)27-28-18-8-6-15(24)10-14(18)11-19(28)20(29)26-17-7-5-12(2)9-16(17)23/h5-11,13H,4H2,1-3H3,(H,25,30)(H,26,29)(H,27,31)/t13-/m0/s1. The number of hydrogen-bond acceptors (Lipinski definition) is 3. The van der Waals surface area contributed by atoms with Gasteiger partial charge in [-0.2, -0.15) is 0 Å². The first-order chi connectivity index (χ1) is 14.7. The van der Waals surface area contributed by atoms with Crippen LogP contribution < -0.4 is 16.1 Å². The molecule has 162 valence electrons. The van der Waals surface area contributed by atoms with E-state index in [2.05, 4.69) is 32.0 Å². The maximum atomic E-state index is 13.1. The lowest BCUT2D eigenvalue weighted by Gasteiger charge is -2.15. The number of nitrogens with one attached hydrogen (secondary N) is 3. The van der Waals surface area contributed by atoms with Crippen molar-refractivity contribution in [2.45, 2.75) is 33.2 Å². The van der Waals surface area contributed by atoms with E-state index in [-0.39, 0.29) is 11.7 Å². The fraction of sp³-hybridized carbons (Fsp3) is 0.227.